The molecule has 0 aliphatic rings. The van der Waals surface area contributed by atoms with Gasteiger partial charge in [0.05, 0.1) is 6.10 Å². The van der Waals surface area contributed by atoms with E-state index in [0.717, 1.165) is 0 Å². The Kier molecular flexibility index (Phi) is 6.57. The lowest BCUT2D eigenvalue weighted by atomic mass is 10.00. The third kappa shape index (κ3) is 5.53. The Morgan fingerprint density at radius 1 is 1.41 bits per heavy atom. The molecule has 0 aliphatic heterocycles. The lowest BCUT2D eigenvalue weighted by Gasteiger charge is -2.25. The molecule has 0 aromatic carbocycles. The zero-order valence-electron chi connectivity index (χ0n) is 10.9. The number of carbonyl (C=O) groups excluding carboxylic acids is 1. The monoisotopic (exact) mass is 246 g/mol. The molecule has 2 unspecified atom stereocenters. The standard InChI is InChI=1S/C11H22N2O4/c1-5-11(4,9(14)15)13-10(16)12-7-8(3)17-6-2/h8H,5-7H2,1-4H3,(H,14,15)(H2,12,13,16). The summed E-state index contributed by atoms with van der Waals surface area (Å²) in [7, 11) is 0. The highest BCUT2D eigenvalue weighted by Crippen LogP contribution is 2.08. The maximum absolute atomic E-state index is 11.5. The molecule has 6 nitrogen and oxygen atoms in total. The highest BCUT2D eigenvalue weighted by Gasteiger charge is 2.32. The van der Waals surface area contributed by atoms with Gasteiger partial charge in [0.1, 0.15) is 5.54 Å². The average molecular weight is 246 g/mol. The van der Waals surface area contributed by atoms with Crippen LogP contribution in [0, 0.1) is 0 Å². The molecule has 0 fully saturated rings. The third-order valence-corrected chi connectivity index (χ3v) is 2.57. The molecular weight excluding hydrogens is 224 g/mol. The van der Waals surface area contributed by atoms with Crippen LogP contribution in [0.3, 0.4) is 0 Å². The van der Waals surface area contributed by atoms with Crippen LogP contribution in [-0.2, 0) is 9.53 Å². The lowest BCUT2D eigenvalue weighted by molar-refractivity contribution is -0.143. The normalized spacial score (nSPS) is 15.8. The van der Waals surface area contributed by atoms with Crippen molar-refractivity contribution in [2.45, 2.75) is 45.8 Å². The fourth-order valence-electron chi connectivity index (χ4n) is 1.17. The Hall–Kier alpha value is -1.30. The summed E-state index contributed by atoms with van der Waals surface area (Å²) in [6, 6.07) is -0.497. The van der Waals surface area contributed by atoms with Crippen molar-refractivity contribution in [2.24, 2.45) is 0 Å². The molecule has 0 spiro atoms. The van der Waals surface area contributed by atoms with E-state index in [9.17, 15) is 9.59 Å². The predicted octanol–water partition coefficient (Wildman–Crippen LogP) is 0.964. The summed E-state index contributed by atoms with van der Waals surface area (Å²) in [5.41, 5.74) is -1.24. The van der Waals surface area contributed by atoms with Crippen LogP contribution < -0.4 is 10.6 Å². The molecule has 0 saturated heterocycles. The van der Waals surface area contributed by atoms with Gasteiger partial charge in [-0.1, -0.05) is 6.92 Å². The predicted molar refractivity (Wildman–Crippen MR) is 64.0 cm³/mol. The molecule has 17 heavy (non-hydrogen) atoms. The van der Waals surface area contributed by atoms with Crippen LogP contribution in [0.25, 0.3) is 0 Å². The summed E-state index contributed by atoms with van der Waals surface area (Å²) >= 11 is 0. The van der Waals surface area contributed by atoms with Crippen molar-refractivity contribution in [3.05, 3.63) is 0 Å². The van der Waals surface area contributed by atoms with Crippen molar-refractivity contribution < 1.29 is 19.4 Å². The van der Waals surface area contributed by atoms with Gasteiger partial charge in [-0.15, -0.1) is 0 Å². The van der Waals surface area contributed by atoms with Gasteiger partial charge in [-0.25, -0.2) is 9.59 Å². The summed E-state index contributed by atoms with van der Waals surface area (Å²) in [5.74, 6) is -1.05. The zero-order valence-corrected chi connectivity index (χ0v) is 10.9. The smallest absolute Gasteiger partial charge is 0.329 e. The highest BCUT2D eigenvalue weighted by atomic mass is 16.5. The number of hydrogen-bond acceptors (Lipinski definition) is 3. The van der Waals surface area contributed by atoms with Crippen LogP contribution in [-0.4, -0.2) is 41.9 Å². The molecule has 0 rings (SSSR count). The molecule has 0 bridgehead atoms. The second-order valence-electron chi connectivity index (χ2n) is 4.09. The molecule has 2 amide bonds. The van der Waals surface area contributed by atoms with Gasteiger partial charge in [0.25, 0.3) is 0 Å². The average Bonchev–Trinajstić information content (AvgIpc) is 2.26. The topological polar surface area (TPSA) is 87.7 Å². The first-order valence-electron chi connectivity index (χ1n) is 5.76. The number of hydrogen-bond donors (Lipinski definition) is 3. The highest BCUT2D eigenvalue weighted by molar-refractivity contribution is 5.85. The Morgan fingerprint density at radius 2 is 2.00 bits per heavy atom. The molecule has 0 aromatic rings. The quantitative estimate of drug-likeness (QED) is 0.624. The minimum Gasteiger partial charge on any atom is -0.480 e. The fourth-order valence-corrected chi connectivity index (χ4v) is 1.17. The molecule has 3 N–H and O–H groups in total. The Balaban J connectivity index is 4.13. The number of carboxylic acid groups (broad SMARTS) is 1. The number of ether oxygens (including phenoxy) is 1. The molecule has 2 atom stereocenters. The van der Waals surface area contributed by atoms with Gasteiger partial charge in [-0.05, 0) is 27.2 Å². The number of nitrogens with one attached hydrogen (secondary N) is 2. The van der Waals surface area contributed by atoms with Gasteiger partial charge in [0.2, 0.25) is 0 Å². The molecule has 0 heterocycles. The number of urea groups is 1. The molecule has 0 aliphatic carbocycles. The van der Waals surface area contributed by atoms with E-state index in [4.69, 9.17) is 9.84 Å². The van der Waals surface area contributed by atoms with Crippen molar-refractivity contribution in [3.63, 3.8) is 0 Å². The Labute approximate surface area is 102 Å². The number of carbonyl (C=O) groups is 2. The van der Waals surface area contributed by atoms with Crippen LogP contribution in [0.1, 0.15) is 34.1 Å². The summed E-state index contributed by atoms with van der Waals surface area (Å²) in [5, 5.41) is 14.0. The Morgan fingerprint density at radius 3 is 2.41 bits per heavy atom. The minimum atomic E-state index is -1.24. The number of carboxylic acids is 1. The molecular formula is C11H22N2O4. The number of amides is 2. The van der Waals surface area contributed by atoms with Crippen molar-refractivity contribution in [1.82, 2.24) is 10.6 Å². The SMILES string of the molecule is CCOC(C)CNC(=O)NC(C)(CC)C(=O)O. The second-order valence-corrected chi connectivity index (χ2v) is 4.09. The van der Waals surface area contributed by atoms with Crippen LogP contribution >= 0.6 is 0 Å². The van der Waals surface area contributed by atoms with Crippen molar-refractivity contribution in [3.8, 4) is 0 Å². The van der Waals surface area contributed by atoms with Crippen LogP contribution in [0.2, 0.25) is 0 Å². The zero-order chi connectivity index (χ0) is 13.5. The maximum Gasteiger partial charge on any atom is 0.329 e. The van der Waals surface area contributed by atoms with E-state index < -0.39 is 17.5 Å². The first-order valence-corrected chi connectivity index (χ1v) is 5.76. The molecule has 100 valence electrons. The minimum absolute atomic E-state index is 0.0940. The van der Waals surface area contributed by atoms with Gasteiger partial charge in [-0.2, -0.15) is 0 Å². The van der Waals surface area contributed by atoms with E-state index in [2.05, 4.69) is 10.6 Å². The second kappa shape index (κ2) is 7.11. The van der Waals surface area contributed by atoms with E-state index >= 15 is 0 Å². The van der Waals surface area contributed by atoms with Gasteiger partial charge in [0.15, 0.2) is 0 Å². The summed E-state index contributed by atoms with van der Waals surface area (Å²) in [4.78, 5) is 22.5. The van der Waals surface area contributed by atoms with Crippen molar-refractivity contribution >= 4 is 12.0 Å². The van der Waals surface area contributed by atoms with Gasteiger partial charge in [-0.3, -0.25) is 0 Å². The van der Waals surface area contributed by atoms with Gasteiger partial charge >= 0.3 is 12.0 Å². The fraction of sp³-hybridized carbons (Fsp3) is 0.818. The van der Waals surface area contributed by atoms with Crippen molar-refractivity contribution in [2.75, 3.05) is 13.2 Å². The molecule has 0 saturated carbocycles. The maximum atomic E-state index is 11.5. The summed E-state index contributed by atoms with van der Waals surface area (Å²) in [6.45, 7) is 7.80. The molecule has 6 heteroatoms. The van der Waals surface area contributed by atoms with Gasteiger partial charge in [0, 0.05) is 13.2 Å². The van der Waals surface area contributed by atoms with Crippen LogP contribution in [0.15, 0.2) is 0 Å². The largest absolute Gasteiger partial charge is 0.480 e. The van der Waals surface area contributed by atoms with E-state index in [1.54, 1.807) is 6.92 Å². The third-order valence-electron chi connectivity index (χ3n) is 2.57. The number of rotatable bonds is 7. The van der Waals surface area contributed by atoms with Crippen LogP contribution in [0.4, 0.5) is 4.79 Å². The first kappa shape index (κ1) is 15.7. The number of aliphatic carboxylic acids is 1. The summed E-state index contributed by atoms with van der Waals surface area (Å²) in [6.07, 6.45) is 0.222. The summed E-state index contributed by atoms with van der Waals surface area (Å²) < 4.78 is 5.24. The van der Waals surface area contributed by atoms with E-state index in [-0.39, 0.29) is 6.10 Å². The van der Waals surface area contributed by atoms with E-state index in [1.807, 2.05) is 13.8 Å². The lowest BCUT2D eigenvalue weighted by Crippen LogP contribution is -2.55. The van der Waals surface area contributed by atoms with E-state index in [1.165, 1.54) is 6.92 Å². The Bertz CT molecular complexity index is 270. The molecule has 0 aromatic heterocycles. The van der Waals surface area contributed by atoms with Crippen molar-refractivity contribution in [1.29, 1.82) is 0 Å². The first-order chi connectivity index (χ1) is 7.85. The van der Waals surface area contributed by atoms with E-state index in [0.29, 0.717) is 19.6 Å². The van der Waals surface area contributed by atoms with Gasteiger partial charge < -0.3 is 20.5 Å². The molecule has 0 radical (unpaired) electrons. The van der Waals surface area contributed by atoms with Crippen LogP contribution in [0.5, 0.6) is 0 Å².